The summed E-state index contributed by atoms with van der Waals surface area (Å²) < 4.78 is 33.9. The van der Waals surface area contributed by atoms with Crippen LogP contribution in [0.1, 0.15) is 32.3 Å². The SMILES string of the molecule is CCCCNC(=O)[C@H](C)N(Cc1cccc(OC)c1)C(=O)CN(c1cc(Cl)cc(Cl)c1)S(=O)(=O)c1ccccc1. The minimum Gasteiger partial charge on any atom is -0.497 e. The molecule has 0 aliphatic heterocycles. The van der Waals surface area contributed by atoms with Gasteiger partial charge in [-0.1, -0.05) is 66.9 Å². The Labute approximate surface area is 245 Å². The number of halogens is 2. The number of hydrogen-bond donors (Lipinski definition) is 1. The molecular weight excluding hydrogens is 573 g/mol. The molecule has 0 radical (unpaired) electrons. The standard InChI is InChI=1S/C29H33Cl2N3O5S/c1-4-5-14-32-29(36)21(2)33(19-22-10-9-11-26(15-22)39-3)28(35)20-34(25-17-23(30)16-24(31)18-25)40(37,38)27-12-7-6-8-13-27/h6-13,15-18,21H,4-5,14,19-20H2,1-3H3,(H,32,36)/t21-/m0/s1. The number of hydrogen-bond acceptors (Lipinski definition) is 5. The number of amides is 2. The summed E-state index contributed by atoms with van der Waals surface area (Å²) in [4.78, 5) is 28.3. The summed E-state index contributed by atoms with van der Waals surface area (Å²) in [5.41, 5.74) is 0.834. The van der Waals surface area contributed by atoms with Gasteiger partial charge in [0.05, 0.1) is 17.7 Å². The molecule has 1 N–H and O–H groups in total. The van der Waals surface area contributed by atoms with Crippen LogP contribution in [0.3, 0.4) is 0 Å². The van der Waals surface area contributed by atoms with Crippen molar-refractivity contribution in [3.8, 4) is 5.75 Å². The third kappa shape index (κ3) is 8.13. The molecule has 0 saturated carbocycles. The molecule has 0 aliphatic rings. The number of anilines is 1. The third-order valence-corrected chi connectivity index (χ3v) is 8.45. The van der Waals surface area contributed by atoms with Gasteiger partial charge in [0, 0.05) is 23.1 Å². The second kappa shape index (κ2) is 14.4. The zero-order chi connectivity index (χ0) is 29.3. The second-order valence-electron chi connectivity index (χ2n) is 9.15. The normalized spacial score (nSPS) is 11.9. The van der Waals surface area contributed by atoms with Crippen molar-refractivity contribution in [1.82, 2.24) is 10.2 Å². The highest BCUT2D eigenvalue weighted by atomic mass is 35.5. The average molecular weight is 607 g/mol. The van der Waals surface area contributed by atoms with E-state index in [-0.39, 0.29) is 33.1 Å². The molecule has 1 atom stereocenters. The fraction of sp³-hybridized carbons (Fsp3) is 0.310. The van der Waals surface area contributed by atoms with E-state index in [0.29, 0.717) is 17.9 Å². The van der Waals surface area contributed by atoms with Gasteiger partial charge in [-0.15, -0.1) is 0 Å². The first kappa shape index (κ1) is 31.3. The number of ether oxygens (including phenoxy) is 1. The number of nitrogens with zero attached hydrogens (tertiary/aromatic N) is 2. The van der Waals surface area contributed by atoms with E-state index in [1.54, 1.807) is 49.4 Å². The van der Waals surface area contributed by atoms with E-state index in [1.807, 2.05) is 6.92 Å². The maximum Gasteiger partial charge on any atom is 0.264 e. The molecule has 0 unspecified atom stereocenters. The van der Waals surface area contributed by atoms with E-state index in [4.69, 9.17) is 27.9 Å². The van der Waals surface area contributed by atoms with Crippen molar-refractivity contribution in [3.63, 3.8) is 0 Å². The molecule has 0 spiro atoms. The number of carbonyl (C=O) groups is 2. The second-order valence-corrected chi connectivity index (χ2v) is 11.9. The number of nitrogens with one attached hydrogen (secondary N) is 1. The predicted molar refractivity (Wildman–Crippen MR) is 158 cm³/mol. The monoisotopic (exact) mass is 605 g/mol. The molecular formula is C29H33Cl2N3O5S. The Morgan fingerprint density at radius 3 is 2.27 bits per heavy atom. The summed E-state index contributed by atoms with van der Waals surface area (Å²) in [6.45, 7) is 3.55. The van der Waals surface area contributed by atoms with Gasteiger partial charge in [0.1, 0.15) is 18.3 Å². The molecule has 0 bridgehead atoms. The summed E-state index contributed by atoms with van der Waals surface area (Å²) in [5.74, 6) is -0.337. The summed E-state index contributed by atoms with van der Waals surface area (Å²) in [5, 5.41) is 3.28. The van der Waals surface area contributed by atoms with Crippen LogP contribution in [0.5, 0.6) is 5.75 Å². The van der Waals surface area contributed by atoms with Crippen LogP contribution in [-0.2, 0) is 26.2 Å². The van der Waals surface area contributed by atoms with Gasteiger partial charge >= 0.3 is 0 Å². The lowest BCUT2D eigenvalue weighted by Gasteiger charge is -2.32. The molecule has 0 saturated heterocycles. The minimum atomic E-state index is -4.22. The van der Waals surface area contributed by atoms with Crippen molar-refractivity contribution in [2.75, 3.05) is 24.5 Å². The molecule has 40 heavy (non-hydrogen) atoms. The Kier molecular flexibility index (Phi) is 11.2. The van der Waals surface area contributed by atoms with E-state index >= 15 is 0 Å². The molecule has 2 amide bonds. The quantitative estimate of drug-likeness (QED) is 0.258. The lowest BCUT2D eigenvalue weighted by atomic mass is 10.1. The molecule has 11 heteroatoms. The van der Waals surface area contributed by atoms with Crippen LogP contribution in [0.25, 0.3) is 0 Å². The summed E-state index contributed by atoms with van der Waals surface area (Å²) >= 11 is 12.4. The van der Waals surface area contributed by atoms with Crippen LogP contribution in [0, 0.1) is 0 Å². The first-order valence-electron chi connectivity index (χ1n) is 12.8. The number of carbonyl (C=O) groups excluding carboxylic acids is 2. The van der Waals surface area contributed by atoms with Gasteiger partial charge < -0.3 is 15.0 Å². The maximum atomic E-state index is 14.0. The number of rotatable bonds is 13. The lowest BCUT2D eigenvalue weighted by molar-refractivity contribution is -0.139. The lowest BCUT2D eigenvalue weighted by Crippen LogP contribution is -2.51. The fourth-order valence-corrected chi connectivity index (χ4v) is 5.95. The molecule has 3 rings (SSSR count). The Morgan fingerprint density at radius 1 is 0.975 bits per heavy atom. The Hall–Kier alpha value is -3.27. The van der Waals surface area contributed by atoms with E-state index in [1.165, 1.54) is 42.3 Å². The van der Waals surface area contributed by atoms with E-state index in [2.05, 4.69) is 5.32 Å². The predicted octanol–water partition coefficient (Wildman–Crippen LogP) is 5.53. The smallest absolute Gasteiger partial charge is 0.264 e. The van der Waals surface area contributed by atoms with Gasteiger partial charge in [0.25, 0.3) is 10.0 Å². The van der Waals surface area contributed by atoms with Crippen molar-refractivity contribution in [2.24, 2.45) is 0 Å². The number of sulfonamides is 1. The largest absolute Gasteiger partial charge is 0.497 e. The number of unbranched alkanes of at least 4 members (excludes halogenated alkanes) is 1. The minimum absolute atomic E-state index is 0.0106. The molecule has 3 aromatic rings. The van der Waals surface area contributed by atoms with Crippen molar-refractivity contribution in [3.05, 3.63) is 88.4 Å². The first-order valence-corrected chi connectivity index (χ1v) is 15.0. The summed E-state index contributed by atoms with van der Waals surface area (Å²) in [6, 6.07) is 18.3. The zero-order valence-electron chi connectivity index (χ0n) is 22.6. The van der Waals surface area contributed by atoms with Crippen molar-refractivity contribution >= 4 is 50.7 Å². The highest BCUT2D eigenvalue weighted by molar-refractivity contribution is 7.92. The van der Waals surface area contributed by atoms with E-state index in [9.17, 15) is 18.0 Å². The number of benzene rings is 3. The van der Waals surface area contributed by atoms with Gasteiger partial charge in [-0.25, -0.2) is 8.42 Å². The van der Waals surface area contributed by atoms with Crippen LogP contribution >= 0.6 is 23.2 Å². The maximum absolute atomic E-state index is 14.0. The summed E-state index contributed by atoms with van der Waals surface area (Å²) in [6.07, 6.45) is 1.69. The molecule has 0 fully saturated rings. The molecule has 8 nitrogen and oxygen atoms in total. The topological polar surface area (TPSA) is 96.0 Å². The van der Waals surface area contributed by atoms with Gasteiger partial charge in [-0.2, -0.15) is 0 Å². The van der Waals surface area contributed by atoms with Crippen molar-refractivity contribution in [1.29, 1.82) is 0 Å². The zero-order valence-corrected chi connectivity index (χ0v) is 25.0. The van der Waals surface area contributed by atoms with Crippen molar-refractivity contribution < 1.29 is 22.7 Å². The molecule has 214 valence electrons. The third-order valence-electron chi connectivity index (χ3n) is 6.23. The molecule has 3 aromatic carbocycles. The average Bonchev–Trinajstić information content (AvgIpc) is 2.94. The number of methoxy groups -OCH3 is 1. The van der Waals surface area contributed by atoms with Gasteiger partial charge in [0.15, 0.2) is 0 Å². The molecule has 0 aliphatic carbocycles. The van der Waals surface area contributed by atoms with Gasteiger partial charge in [0.2, 0.25) is 11.8 Å². The Morgan fingerprint density at radius 2 is 1.65 bits per heavy atom. The Balaban J connectivity index is 2.03. The molecule has 0 aromatic heterocycles. The van der Waals surface area contributed by atoms with Crippen LogP contribution in [0.4, 0.5) is 5.69 Å². The van der Waals surface area contributed by atoms with Gasteiger partial charge in [-0.05, 0) is 61.4 Å². The van der Waals surface area contributed by atoms with E-state index in [0.717, 1.165) is 17.1 Å². The first-order chi connectivity index (χ1) is 19.1. The van der Waals surface area contributed by atoms with Crippen LogP contribution in [-0.4, -0.2) is 51.4 Å². The van der Waals surface area contributed by atoms with Crippen molar-refractivity contribution in [2.45, 2.75) is 44.2 Å². The highest BCUT2D eigenvalue weighted by Crippen LogP contribution is 2.30. The Bertz CT molecular complexity index is 1400. The van der Waals surface area contributed by atoms with Crippen LogP contribution < -0.4 is 14.4 Å². The molecule has 0 heterocycles. The fourth-order valence-electron chi connectivity index (χ4n) is 4.02. The highest BCUT2D eigenvalue weighted by Gasteiger charge is 2.32. The van der Waals surface area contributed by atoms with Crippen LogP contribution in [0.15, 0.2) is 77.7 Å². The summed E-state index contributed by atoms with van der Waals surface area (Å²) in [7, 11) is -2.68. The van der Waals surface area contributed by atoms with Gasteiger partial charge in [-0.3, -0.25) is 13.9 Å². The van der Waals surface area contributed by atoms with E-state index < -0.39 is 28.5 Å². The van der Waals surface area contributed by atoms with Crippen LogP contribution in [0.2, 0.25) is 10.0 Å².